The standard InChI is InChI=1S/C23H34OS.C2H6/c1-7-8-9-10-15-22(24-25(5,6)23(2,3)4)21-17-16-19-13-11-12-14-20(19)18-21;1-2/h7,11-14,16-18,22H,1,8-10,15H2,2-6H3;1-2H3. The molecule has 27 heavy (non-hydrogen) atoms. The third-order valence-electron chi connectivity index (χ3n) is 5.10. The maximum Gasteiger partial charge on any atom is 0.0951 e. The molecule has 152 valence electrons. The van der Waals surface area contributed by atoms with Gasteiger partial charge in [-0.25, -0.2) is 0 Å². The number of benzene rings is 2. The Morgan fingerprint density at radius 3 is 2.22 bits per heavy atom. The first-order chi connectivity index (χ1) is 12.7. The van der Waals surface area contributed by atoms with Gasteiger partial charge in [0, 0.05) is 4.75 Å². The van der Waals surface area contributed by atoms with Crippen molar-refractivity contribution in [2.75, 3.05) is 12.5 Å². The van der Waals surface area contributed by atoms with E-state index in [4.69, 9.17) is 4.18 Å². The van der Waals surface area contributed by atoms with Gasteiger partial charge in [-0.2, -0.15) is 0 Å². The monoisotopic (exact) mass is 388 g/mol. The molecule has 2 heteroatoms. The predicted octanol–water partition coefficient (Wildman–Crippen LogP) is 8.45. The summed E-state index contributed by atoms with van der Waals surface area (Å²) in [6.07, 6.45) is 11.3. The molecule has 0 spiro atoms. The fourth-order valence-electron chi connectivity index (χ4n) is 2.73. The molecule has 0 saturated heterocycles. The van der Waals surface area contributed by atoms with E-state index in [2.05, 4.69) is 82.3 Å². The van der Waals surface area contributed by atoms with Crippen LogP contribution in [0.3, 0.4) is 0 Å². The Hall–Kier alpha value is -1.25. The van der Waals surface area contributed by atoms with Crippen LogP contribution in [0.25, 0.3) is 10.8 Å². The number of rotatable bonds is 8. The lowest BCUT2D eigenvalue weighted by Crippen LogP contribution is -2.26. The molecule has 1 unspecified atom stereocenters. The van der Waals surface area contributed by atoms with E-state index < -0.39 is 10.3 Å². The van der Waals surface area contributed by atoms with E-state index >= 15 is 0 Å². The zero-order valence-electron chi connectivity index (χ0n) is 18.5. The van der Waals surface area contributed by atoms with Crippen molar-refractivity contribution in [3.05, 3.63) is 60.7 Å². The van der Waals surface area contributed by atoms with Gasteiger partial charge in [0.25, 0.3) is 0 Å². The van der Waals surface area contributed by atoms with Crippen LogP contribution < -0.4 is 0 Å². The van der Waals surface area contributed by atoms with Gasteiger partial charge in [0.2, 0.25) is 0 Å². The summed E-state index contributed by atoms with van der Waals surface area (Å²) in [7, 11) is -1.16. The molecule has 0 amide bonds. The largest absolute Gasteiger partial charge is 0.329 e. The molecule has 0 fully saturated rings. The van der Waals surface area contributed by atoms with Crippen molar-refractivity contribution in [3.63, 3.8) is 0 Å². The van der Waals surface area contributed by atoms with Gasteiger partial charge < -0.3 is 4.18 Å². The molecule has 1 nitrogen and oxygen atoms in total. The van der Waals surface area contributed by atoms with Gasteiger partial charge in [0.1, 0.15) is 0 Å². The van der Waals surface area contributed by atoms with Gasteiger partial charge in [-0.1, -0.05) is 83.5 Å². The summed E-state index contributed by atoms with van der Waals surface area (Å²) in [4.78, 5) is 0. The molecule has 1 atom stereocenters. The van der Waals surface area contributed by atoms with Crippen molar-refractivity contribution in [2.45, 2.75) is 71.2 Å². The SMILES string of the molecule is C=CCCCCC(OS(C)(C)C(C)(C)C)c1ccc2ccccc2c1.CC. The first kappa shape index (κ1) is 23.8. The van der Waals surface area contributed by atoms with E-state index in [0.29, 0.717) is 0 Å². The highest BCUT2D eigenvalue weighted by Gasteiger charge is 2.32. The van der Waals surface area contributed by atoms with Crippen LogP contribution in [0, 0.1) is 0 Å². The molecule has 2 aromatic rings. The first-order valence-electron chi connectivity index (χ1n) is 10.3. The normalized spacial score (nSPS) is 13.6. The molecule has 0 aliphatic heterocycles. The molecule has 0 heterocycles. The van der Waals surface area contributed by atoms with Crippen LogP contribution >= 0.6 is 10.3 Å². The Kier molecular flexibility index (Phi) is 9.62. The lowest BCUT2D eigenvalue weighted by Gasteiger charge is -2.46. The summed E-state index contributed by atoms with van der Waals surface area (Å²) in [6, 6.07) is 15.3. The number of hydrogen-bond donors (Lipinski definition) is 0. The summed E-state index contributed by atoms with van der Waals surface area (Å²) in [5.41, 5.74) is 1.31. The lowest BCUT2D eigenvalue weighted by molar-refractivity contribution is 0.214. The van der Waals surface area contributed by atoms with Gasteiger partial charge >= 0.3 is 0 Å². The highest BCUT2D eigenvalue weighted by molar-refractivity contribution is 8.29. The molecular weight excluding hydrogens is 348 g/mol. The predicted molar refractivity (Wildman–Crippen MR) is 127 cm³/mol. The van der Waals surface area contributed by atoms with Gasteiger partial charge in [0.05, 0.1) is 6.10 Å². The minimum atomic E-state index is -1.16. The van der Waals surface area contributed by atoms with Gasteiger partial charge in [-0.15, -0.1) is 16.9 Å². The molecule has 2 rings (SSSR count). The van der Waals surface area contributed by atoms with Crippen LogP contribution in [-0.2, 0) is 4.18 Å². The molecule has 0 aromatic heterocycles. The Morgan fingerprint density at radius 1 is 1.00 bits per heavy atom. The molecule has 2 aromatic carbocycles. The minimum absolute atomic E-state index is 0.165. The molecule has 0 radical (unpaired) electrons. The second-order valence-electron chi connectivity index (χ2n) is 8.11. The summed E-state index contributed by atoms with van der Waals surface area (Å²) in [5.74, 6) is 0. The quantitative estimate of drug-likeness (QED) is 0.325. The van der Waals surface area contributed by atoms with Crippen LogP contribution in [0.2, 0.25) is 0 Å². The zero-order chi connectivity index (χ0) is 20.5. The molecular formula is C25H40OS. The average molecular weight is 389 g/mol. The zero-order valence-corrected chi connectivity index (χ0v) is 19.4. The fraction of sp³-hybridized carbons (Fsp3) is 0.520. The molecule has 0 aliphatic rings. The minimum Gasteiger partial charge on any atom is -0.329 e. The van der Waals surface area contributed by atoms with Crippen LogP contribution in [0.4, 0.5) is 0 Å². The third kappa shape index (κ3) is 7.01. The lowest BCUT2D eigenvalue weighted by atomic mass is 10.00. The van der Waals surface area contributed by atoms with Crippen molar-refractivity contribution in [1.29, 1.82) is 0 Å². The van der Waals surface area contributed by atoms with E-state index in [1.54, 1.807) is 0 Å². The van der Waals surface area contributed by atoms with Gasteiger partial charge in [0.15, 0.2) is 0 Å². The number of fused-ring (bicyclic) bond motifs is 1. The second-order valence-corrected chi connectivity index (χ2v) is 12.0. The molecule has 0 saturated carbocycles. The summed E-state index contributed by atoms with van der Waals surface area (Å²) in [5, 5.41) is 2.59. The van der Waals surface area contributed by atoms with Crippen molar-refractivity contribution in [1.82, 2.24) is 0 Å². The van der Waals surface area contributed by atoms with Gasteiger partial charge in [-0.05, 0) is 54.2 Å². The van der Waals surface area contributed by atoms with E-state index in [1.165, 1.54) is 29.2 Å². The van der Waals surface area contributed by atoms with Gasteiger partial charge in [-0.3, -0.25) is 0 Å². The Balaban J connectivity index is 0.00000176. The van der Waals surface area contributed by atoms with E-state index in [0.717, 1.165) is 12.8 Å². The maximum absolute atomic E-state index is 6.78. The van der Waals surface area contributed by atoms with Crippen LogP contribution in [0.1, 0.15) is 72.0 Å². The average Bonchev–Trinajstić information content (AvgIpc) is 2.64. The van der Waals surface area contributed by atoms with E-state index in [9.17, 15) is 0 Å². The highest BCUT2D eigenvalue weighted by atomic mass is 32.3. The fourth-order valence-corrected chi connectivity index (χ4v) is 3.81. The third-order valence-corrected chi connectivity index (χ3v) is 8.76. The van der Waals surface area contributed by atoms with Crippen molar-refractivity contribution < 1.29 is 4.18 Å². The van der Waals surface area contributed by atoms with E-state index in [-0.39, 0.29) is 10.9 Å². The summed E-state index contributed by atoms with van der Waals surface area (Å²) < 4.78 is 6.94. The Labute approximate surface area is 169 Å². The smallest absolute Gasteiger partial charge is 0.0951 e. The van der Waals surface area contributed by atoms with Crippen molar-refractivity contribution in [3.8, 4) is 0 Å². The maximum atomic E-state index is 6.78. The summed E-state index contributed by atoms with van der Waals surface area (Å²) >= 11 is 0. The molecule has 0 bridgehead atoms. The molecule has 0 aliphatic carbocycles. The number of allylic oxidation sites excluding steroid dienone is 1. The first-order valence-corrected chi connectivity index (χ1v) is 12.6. The van der Waals surface area contributed by atoms with Crippen LogP contribution in [-0.4, -0.2) is 17.3 Å². The van der Waals surface area contributed by atoms with Crippen LogP contribution in [0.5, 0.6) is 0 Å². The van der Waals surface area contributed by atoms with Crippen molar-refractivity contribution >= 4 is 21.1 Å². The highest BCUT2D eigenvalue weighted by Crippen LogP contribution is 2.57. The Bertz CT molecular complexity index is 697. The van der Waals surface area contributed by atoms with Crippen molar-refractivity contribution in [2.24, 2.45) is 0 Å². The number of hydrogen-bond acceptors (Lipinski definition) is 1. The summed E-state index contributed by atoms with van der Waals surface area (Å²) in [6.45, 7) is 14.7. The van der Waals surface area contributed by atoms with Crippen LogP contribution in [0.15, 0.2) is 55.1 Å². The Morgan fingerprint density at radius 2 is 1.63 bits per heavy atom. The topological polar surface area (TPSA) is 9.23 Å². The molecule has 0 N–H and O–H groups in total. The number of unbranched alkanes of at least 4 members (excludes halogenated alkanes) is 2. The van der Waals surface area contributed by atoms with E-state index in [1.807, 2.05) is 19.9 Å². The second kappa shape index (κ2) is 10.9.